The van der Waals surface area contributed by atoms with E-state index < -0.39 is 0 Å². The standard InChI is InChI=1S/C22H25ClN2/c1-6-25-21-10-8-17(11-19(21)16(3)13-22(25,4)5)14-24-20-12-18(23)9-7-15(20)2/h7-14H,6H2,1-5H3. The van der Waals surface area contributed by atoms with Crippen molar-refractivity contribution in [2.45, 2.75) is 40.2 Å². The molecule has 0 amide bonds. The zero-order valence-corrected chi connectivity index (χ0v) is 16.4. The number of aliphatic imine (C=N–C) groups is 1. The second-order valence-electron chi connectivity index (χ2n) is 7.19. The Morgan fingerprint density at radius 3 is 2.60 bits per heavy atom. The number of likely N-dealkylation sites (N-methyl/N-ethyl adjacent to an activating group) is 1. The summed E-state index contributed by atoms with van der Waals surface area (Å²) in [6.45, 7) is 12.0. The molecular formula is C22H25ClN2. The first kappa shape index (κ1) is 17.8. The zero-order valence-electron chi connectivity index (χ0n) is 15.6. The highest BCUT2D eigenvalue weighted by Crippen LogP contribution is 2.38. The number of halogens is 1. The number of hydrogen-bond donors (Lipinski definition) is 0. The molecule has 0 saturated carbocycles. The molecule has 1 heterocycles. The predicted octanol–water partition coefficient (Wildman–Crippen LogP) is 6.42. The fraction of sp³-hybridized carbons (Fsp3) is 0.318. The Labute approximate surface area is 155 Å². The zero-order chi connectivity index (χ0) is 18.2. The Bertz CT molecular complexity index is 862. The van der Waals surface area contributed by atoms with Crippen molar-refractivity contribution in [3.8, 4) is 0 Å². The van der Waals surface area contributed by atoms with Crippen molar-refractivity contribution >= 4 is 34.8 Å². The molecule has 1 aliphatic heterocycles. The van der Waals surface area contributed by atoms with Crippen LogP contribution < -0.4 is 4.90 Å². The average Bonchev–Trinajstić information content (AvgIpc) is 2.55. The molecule has 0 aromatic heterocycles. The van der Waals surface area contributed by atoms with Crippen LogP contribution in [0.25, 0.3) is 5.57 Å². The molecule has 130 valence electrons. The average molecular weight is 353 g/mol. The third-order valence-electron chi connectivity index (χ3n) is 4.84. The lowest BCUT2D eigenvalue weighted by Crippen LogP contribution is -2.44. The molecule has 0 saturated heterocycles. The molecule has 25 heavy (non-hydrogen) atoms. The molecule has 1 aliphatic rings. The predicted molar refractivity (Wildman–Crippen MR) is 111 cm³/mol. The summed E-state index contributed by atoms with van der Waals surface area (Å²) >= 11 is 6.08. The van der Waals surface area contributed by atoms with E-state index in [1.165, 1.54) is 16.8 Å². The van der Waals surface area contributed by atoms with E-state index in [0.717, 1.165) is 23.4 Å². The highest BCUT2D eigenvalue weighted by molar-refractivity contribution is 6.30. The summed E-state index contributed by atoms with van der Waals surface area (Å²) in [5.74, 6) is 0. The van der Waals surface area contributed by atoms with E-state index >= 15 is 0 Å². The van der Waals surface area contributed by atoms with Gasteiger partial charge in [0, 0.05) is 29.0 Å². The highest BCUT2D eigenvalue weighted by atomic mass is 35.5. The monoisotopic (exact) mass is 352 g/mol. The summed E-state index contributed by atoms with van der Waals surface area (Å²) in [5, 5.41) is 0.711. The smallest absolute Gasteiger partial charge is 0.0673 e. The molecular weight excluding hydrogens is 328 g/mol. The van der Waals surface area contributed by atoms with Crippen LogP contribution in [0.15, 0.2) is 47.5 Å². The summed E-state index contributed by atoms with van der Waals surface area (Å²) in [7, 11) is 0. The molecule has 0 atom stereocenters. The number of allylic oxidation sites excluding steroid dienone is 1. The maximum absolute atomic E-state index is 6.08. The van der Waals surface area contributed by atoms with E-state index in [2.05, 4.69) is 61.9 Å². The number of aryl methyl sites for hydroxylation is 1. The van der Waals surface area contributed by atoms with E-state index in [0.29, 0.717) is 5.02 Å². The molecule has 2 nitrogen and oxygen atoms in total. The topological polar surface area (TPSA) is 15.6 Å². The number of hydrogen-bond acceptors (Lipinski definition) is 2. The van der Waals surface area contributed by atoms with Gasteiger partial charge in [-0.05, 0) is 75.6 Å². The Morgan fingerprint density at radius 1 is 1.12 bits per heavy atom. The highest BCUT2D eigenvalue weighted by Gasteiger charge is 2.29. The summed E-state index contributed by atoms with van der Waals surface area (Å²) in [5.41, 5.74) is 7.07. The van der Waals surface area contributed by atoms with Gasteiger partial charge in [-0.15, -0.1) is 0 Å². The van der Waals surface area contributed by atoms with Crippen molar-refractivity contribution in [1.82, 2.24) is 0 Å². The third kappa shape index (κ3) is 3.50. The molecule has 0 N–H and O–H groups in total. The second-order valence-corrected chi connectivity index (χ2v) is 7.63. The second kappa shape index (κ2) is 6.68. The SMILES string of the molecule is CCN1c2ccc(C=Nc3cc(Cl)ccc3C)cc2C(C)=CC1(C)C. The van der Waals surface area contributed by atoms with E-state index in [1.807, 2.05) is 31.3 Å². The molecule has 3 heteroatoms. The van der Waals surface area contributed by atoms with Gasteiger partial charge in [-0.25, -0.2) is 0 Å². The van der Waals surface area contributed by atoms with Gasteiger partial charge < -0.3 is 4.90 Å². The van der Waals surface area contributed by atoms with Crippen molar-refractivity contribution in [2.75, 3.05) is 11.4 Å². The lowest BCUT2D eigenvalue weighted by atomic mass is 9.88. The van der Waals surface area contributed by atoms with Crippen molar-refractivity contribution in [1.29, 1.82) is 0 Å². The van der Waals surface area contributed by atoms with E-state index in [1.54, 1.807) is 0 Å². The number of fused-ring (bicyclic) bond motifs is 1. The normalized spacial score (nSPS) is 16.1. The van der Waals surface area contributed by atoms with Crippen LogP contribution in [-0.4, -0.2) is 18.3 Å². The number of benzene rings is 2. The molecule has 3 rings (SSSR count). The maximum Gasteiger partial charge on any atom is 0.0673 e. The minimum Gasteiger partial charge on any atom is -0.363 e. The summed E-state index contributed by atoms with van der Waals surface area (Å²) in [6, 6.07) is 12.4. The number of anilines is 1. The van der Waals surface area contributed by atoms with Crippen molar-refractivity contribution < 1.29 is 0 Å². The first-order chi connectivity index (χ1) is 11.8. The van der Waals surface area contributed by atoms with Crippen LogP contribution in [0.4, 0.5) is 11.4 Å². The third-order valence-corrected chi connectivity index (χ3v) is 5.08. The van der Waals surface area contributed by atoms with Gasteiger partial charge in [-0.2, -0.15) is 0 Å². The van der Waals surface area contributed by atoms with Crippen LogP contribution in [-0.2, 0) is 0 Å². The Kier molecular flexibility index (Phi) is 4.75. The van der Waals surface area contributed by atoms with Gasteiger partial charge in [-0.3, -0.25) is 4.99 Å². The Hall–Kier alpha value is -2.06. The first-order valence-corrected chi connectivity index (χ1v) is 9.11. The molecule has 0 aliphatic carbocycles. The van der Waals surface area contributed by atoms with Gasteiger partial charge >= 0.3 is 0 Å². The van der Waals surface area contributed by atoms with E-state index in [9.17, 15) is 0 Å². The maximum atomic E-state index is 6.08. The van der Waals surface area contributed by atoms with E-state index in [4.69, 9.17) is 11.6 Å². The van der Waals surface area contributed by atoms with Gasteiger partial charge in [0.1, 0.15) is 0 Å². The summed E-state index contributed by atoms with van der Waals surface area (Å²) < 4.78 is 0. The van der Waals surface area contributed by atoms with E-state index in [-0.39, 0.29) is 5.54 Å². The fourth-order valence-corrected chi connectivity index (χ4v) is 3.79. The van der Waals surface area contributed by atoms with Crippen LogP contribution in [0.1, 0.15) is 44.4 Å². The van der Waals surface area contributed by atoms with Gasteiger partial charge in [0.05, 0.1) is 11.2 Å². The molecule has 0 unspecified atom stereocenters. The summed E-state index contributed by atoms with van der Waals surface area (Å²) in [6.07, 6.45) is 4.27. The van der Waals surface area contributed by atoms with Gasteiger partial charge in [-0.1, -0.05) is 29.8 Å². The van der Waals surface area contributed by atoms with Crippen molar-refractivity contribution in [3.63, 3.8) is 0 Å². The number of rotatable bonds is 3. The lowest BCUT2D eigenvalue weighted by molar-refractivity contribution is 0.566. The largest absolute Gasteiger partial charge is 0.363 e. The van der Waals surface area contributed by atoms with Gasteiger partial charge in [0.25, 0.3) is 0 Å². The number of nitrogens with zero attached hydrogens (tertiary/aromatic N) is 2. The van der Waals surface area contributed by atoms with Crippen LogP contribution in [0.2, 0.25) is 5.02 Å². The molecule has 0 spiro atoms. The van der Waals surface area contributed by atoms with Crippen molar-refractivity contribution in [2.24, 2.45) is 4.99 Å². The van der Waals surface area contributed by atoms with Crippen LogP contribution in [0.5, 0.6) is 0 Å². The van der Waals surface area contributed by atoms with Crippen molar-refractivity contribution in [3.05, 3.63) is 64.2 Å². The molecule has 0 radical (unpaired) electrons. The Balaban J connectivity index is 1.98. The Morgan fingerprint density at radius 2 is 1.88 bits per heavy atom. The fourth-order valence-electron chi connectivity index (χ4n) is 3.62. The minimum atomic E-state index is 0.0410. The van der Waals surface area contributed by atoms with Crippen LogP contribution >= 0.6 is 11.6 Å². The van der Waals surface area contributed by atoms with Crippen LogP contribution in [0.3, 0.4) is 0 Å². The summed E-state index contributed by atoms with van der Waals surface area (Å²) in [4.78, 5) is 7.08. The molecule has 0 fully saturated rings. The first-order valence-electron chi connectivity index (χ1n) is 8.73. The molecule has 2 aromatic carbocycles. The minimum absolute atomic E-state index is 0.0410. The van der Waals surface area contributed by atoms with Gasteiger partial charge in [0.15, 0.2) is 0 Å². The van der Waals surface area contributed by atoms with Gasteiger partial charge in [0.2, 0.25) is 0 Å². The molecule has 0 bridgehead atoms. The van der Waals surface area contributed by atoms with Crippen LogP contribution in [0, 0.1) is 6.92 Å². The molecule has 2 aromatic rings. The lowest BCUT2D eigenvalue weighted by Gasteiger charge is -2.42. The quantitative estimate of drug-likeness (QED) is 0.582.